The highest BCUT2D eigenvalue weighted by molar-refractivity contribution is 7.89. The van der Waals surface area contributed by atoms with Crippen molar-refractivity contribution in [1.29, 1.82) is 0 Å². The minimum absolute atomic E-state index is 0.0961. The van der Waals surface area contributed by atoms with E-state index in [0.29, 0.717) is 12.4 Å². The summed E-state index contributed by atoms with van der Waals surface area (Å²) in [6.07, 6.45) is 1.33. The van der Waals surface area contributed by atoms with E-state index in [1.807, 2.05) is 6.92 Å². The monoisotopic (exact) mass is 258 g/mol. The summed E-state index contributed by atoms with van der Waals surface area (Å²) in [5.74, 6) is 0.612. The molecule has 1 rings (SSSR count). The molecule has 0 radical (unpaired) electrons. The fraction of sp³-hybridized carbons (Fsp3) is 0.500. The molecule has 1 atom stereocenters. The summed E-state index contributed by atoms with van der Waals surface area (Å²) >= 11 is 0. The predicted molar refractivity (Wildman–Crippen MR) is 67.2 cm³/mol. The van der Waals surface area contributed by atoms with Gasteiger partial charge >= 0.3 is 0 Å². The Morgan fingerprint density at radius 1 is 1.47 bits per heavy atom. The van der Waals surface area contributed by atoms with Crippen LogP contribution in [0.4, 0.5) is 5.82 Å². The third kappa shape index (κ3) is 3.39. The Kier molecular flexibility index (Phi) is 4.44. The van der Waals surface area contributed by atoms with Crippen molar-refractivity contribution in [3.63, 3.8) is 0 Å². The summed E-state index contributed by atoms with van der Waals surface area (Å²) in [5.41, 5.74) is 5.47. The van der Waals surface area contributed by atoms with Crippen LogP contribution < -0.4 is 11.1 Å². The van der Waals surface area contributed by atoms with E-state index in [4.69, 9.17) is 5.73 Å². The zero-order valence-corrected chi connectivity index (χ0v) is 11.0. The number of rotatable bonds is 5. The Hall–Kier alpha value is -1.18. The van der Waals surface area contributed by atoms with Crippen LogP contribution >= 0.6 is 0 Å². The van der Waals surface area contributed by atoms with Crippen LogP contribution in [0.5, 0.6) is 0 Å². The molecule has 1 aromatic heterocycles. The van der Waals surface area contributed by atoms with E-state index in [-0.39, 0.29) is 10.9 Å². The minimum atomic E-state index is -3.41. The summed E-state index contributed by atoms with van der Waals surface area (Å²) < 4.78 is 24.7. The third-order valence-electron chi connectivity index (χ3n) is 2.26. The molecule has 6 nitrogen and oxygen atoms in total. The molecule has 0 spiro atoms. The zero-order chi connectivity index (χ0) is 13.1. The first kappa shape index (κ1) is 13.9. The maximum Gasteiger partial charge on any atom is 0.244 e. The van der Waals surface area contributed by atoms with Gasteiger partial charge in [0.25, 0.3) is 0 Å². The first-order valence-electron chi connectivity index (χ1n) is 5.23. The molecule has 1 unspecified atom stereocenters. The van der Waals surface area contributed by atoms with Crippen LogP contribution in [-0.4, -0.2) is 44.4 Å². The lowest BCUT2D eigenvalue weighted by molar-refractivity contribution is 0.520. The fourth-order valence-corrected chi connectivity index (χ4v) is 1.99. The summed E-state index contributed by atoms with van der Waals surface area (Å²) in [6, 6.07) is 3.25. The number of anilines is 1. The van der Waals surface area contributed by atoms with Gasteiger partial charge in [0.05, 0.1) is 0 Å². The molecule has 0 fully saturated rings. The number of nitrogens with two attached hydrogens (primary N) is 1. The lowest BCUT2D eigenvalue weighted by Crippen LogP contribution is -2.26. The smallest absolute Gasteiger partial charge is 0.244 e. The van der Waals surface area contributed by atoms with Gasteiger partial charge in [-0.3, -0.25) is 0 Å². The highest BCUT2D eigenvalue weighted by atomic mass is 32.2. The molecule has 1 aromatic rings. The van der Waals surface area contributed by atoms with Gasteiger partial charge in [-0.25, -0.2) is 17.7 Å². The van der Waals surface area contributed by atoms with Gasteiger partial charge in [-0.2, -0.15) is 0 Å². The van der Waals surface area contributed by atoms with Crippen LogP contribution in [0.2, 0.25) is 0 Å². The SMILES string of the molecule is CC(CN)Nc1ccc(S(=O)(=O)N(C)C)cn1. The van der Waals surface area contributed by atoms with E-state index < -0.39 is 10.0 Å². The number of hydrogen-bond acceptors (Lipinski definition) is 5. The molecule has 0 aliphatic carbocycles. The lowest BCUT2D eigenvalue weighted by Gasteiger charge is -2.13. The molecular weight excluding hydrogens is 240 g/mol. The number of hydrogen-bond donors (Lipinski definition) is 2. The quantitative estimate of drug-likeness (QED) is 0.781. The number of pyridine rings is 1. The molecular formula is C10H18N4O2S. The van der Waals surface area contributed by atoms with Crippen molar-refractivity contribution >= 4 is 15.8 Å². The van der Waals surface area contributed by atoms with Crippen molar-refractivity contribution in [2.45, 2.75) is 17.9 Å². The first-order chi connectivity index (χ1) is 7.87. The largest absolute Gasteiger partial charge is 0.366 e. The predicted octanol–water partition coefficient (Wildman–Crippen LogP) is 0.0910. The van der Waals surface area contributed by atoms with Crippen LogP contribution in [0.25, 0.3) is 0 Å². The molecule has 0 aromatic carbocycles. The lowest BCUT2D eigenvalue weighted by atomic mass is 10.3. The average molecular weight is 258 g/mol. The van der Waals surface area contributed by atoms with E-state index in [1.54, 1.807) is 6.07 Å². The summed E-state index contributed by atoms with van der Waals surface area (Å²) in [5, 5.41) is 3.05. The van der Waals surface area contributed by atoms with Crippen LogP contribution in [0, 0.1) is 0 Å². The summed E-state index contributed by atoms with van der Waals surface area (Å²) in [6.45, 7) is 2.41. The van der Waals surface area contributed by atoms with Crippen molar-refractivity contribution < 1.29 is 8.42 Å². The topological polar surface area (TPSA) is 88.3 Å². The van der Waals surface area contributed by atoms with Gasteiger partial charge < -0.3 is 11.1 Å². The highest BCUT2D eigenvalue weighted by Crippen LogP contribution is 2.14. The van der Waals surface area contributed by atoms with Gasteiger partial charge in [0.15, 0.2) is 0 Å². The van der Waals surface area contributed by atoms with Crippen molar-refractivity contribution in [2.75, 3.05) is 26.0 Å². The van der Waals surface area contributed by atoms with Crippen molar-refractivity contribution in [1.82, 2.24) is 9.29 Å². The van der Waals surface area contributed by atoms with E-state index >= 15 is 0 Å². The molecule has 0 bridgehead atoms. The second kappa shape index (κ2) is 5.44. The van der Waals surface area contributed by atoms with Gasteiger partial charge in [0, 0.05) is 32.9 Å². The Morgan fingerprint density at radius 3 is 2.53 bits per heavy atom. The first-order valence-corrected chi connectivity index (χ1v) is 6.67. The Labute approximate surface area is 102 Å². The van der Waals surface area contributed by atoms with E-state index in [9.17, 15) is 8.42 Å². The Bertz CT molecular complexity index is 456. The second-order valence-corrected chi connectivity index (χ2v) is 6.10. The zero-order valence-electron chi connectivity index (χ0n) is 10.2. The van der Waals surface area contributed by atoms with E-state index in [2.05, 4.69) is 10.3 Å². The number of nitrogens with zero attached hydrogens (tertiary/aromatic N) is 2. The molecule has 0 saturated heterocycles. The van der Waals surface area contributed by atoms with Crippen LogP contribution in [0.15, 0.2) is 23.2 Å². The normalized spacial score (nSPS) is 13.7. The highest BCUT2D eigenvalue weighted by Gasteiger charge is 2.17. The second-order valence-electron chi connectivity index (χ2n) is 3.95. The molecule has 96 valence electrons. The fourth-order valence-electron chi connectivity index (χ4n) is 1.14. The van der Waals surface area contributed by atoms with Gasteiger partial charge in [-0.1, -0.05) is 0 Å². The molecule has 0 aliphatic rings. The van der Waals surface area contributed by atoms with Crippen molar-refractivity contribution in [3.8, 4) is 0 Å². The van der Waals surface area contributed by atoms with Gasteiger partial charge in [0.2, 0.25) is 10.0 Å². The molecule has 17 heavy (non-hydrogen) atoms. The van der Waals surface area contributed by atoms with Gasteiger partial charge in [-0.15, -0.1) is 0 Å². The summed E-state index contributed by atoms with van der Waals surface area (Å²) in [7, 11) is -0.441. The van der Waals surface area contributed by atoms with Crippen LogP contribution in [0.3, 0.4) is 0 Å². The molecule has 7 heteroatoms. The van der Waals surface area contributed by atoms with Crippen LogP contribution in [0.1, 0.15) is 6.92 Å². The Balaban J connectivity index is 2.89. The van der Waals surface area contributed by atoms with E-state index in [0.717, 1.165) is 4.31 Å². The van der Waals surface area contributed by atoms with Crippen molar-refractivity contribution in [2.24, 2.45) is 5.73 Å². The standard InChI is InChI=1S/C10H18N4O2S/c1-8(6-11)13-10-5-4-9(7-12-10)17(15,16)14(2)3/h4-5,7-8H,6,11H2,1-3H3,(H,12,13). The molecule has 0 saturated carbocycles. The van der Waals surface area contributed by atoms with Crippen LogP contribution in [-0.2, 0) is 10.0 Å². The number of nitrogens with one attached hydrogen (secondary N) is 1. The van der Waals surface area contributed by atoms with Crippen molar-refractivity contribution in [3.05, 3.63) is 18.3 Å². The number of aromatic nitrogens is 1. The van der Waals surface area contributed by atoms with Gasteiger partial charge in [-0.05, 0) is 19.1 Å². The number of sulfonamides is 1. The van der Waals surface area contributed by atoms with E-state index in [1.165, 1.54) is 26.4 Å². The molecule has 0 amide bonds. The Morgan fingerprint density at radius 2 is 2.12 bits per heavy atom. The third-order valence-corrected chi connectivity index (χ3v) is 4.06. The maximum atomic E-state index is 11.8. The maximum absolute atomic E-state index is 11.8. The molecule has 3 N–H and O–H groups in total. The van der Waals surface area contributed by atoms with Gasteiger partial charge in [0.1, 0.15) is 10.7 Å². The average Bonchev–Trinajstić information content (AvgIpc) is 2.29. The minimum Gasteiger partial charge on any atom is -0.366 e. The summed E-state index contributed by atoms with van der Waals surface area (Å²) in [4.78, 5) is 4.22. The molecule has 1 heterocycles. The molecule has 0 aliphatic heterocycles.